The summed E-state index contributed by atoms with van der Waals surface area (Å²) in [7, 11) is 1.51. The number of nitriles is 1. The quantitative estimate of drug-likeness (QED) is 0.586. The number of likely N-dealkylation sites (N-methyl/N-ethyl adjacent to an activating group) is 1. The van der Waals surface area contributed by atoms with Gasteiger partial charge < -0.3 is 4.90 Å². The molecule has 16 heavy (non-hydrogen) atoms. The van der Waals surface area contributed by atoms with E-state index in [1.807, 2.05) is 5.32 Å². The summed E-state index contributed by atoms with van der Waals surface area (Å²) >= 11 is 0. The zero-order valence-electron chi connectivity index (χ0n) is 8.80. The van der Waals surface area contributed by atoms with Gasteiger partial charge in [0.1, 0.15) is 6.54 Å². The van der Waals surface area contributed by atoms with Crippen LogP contribution in [0.2, 0.25) is 0 Å². The lowest BCUT2D eigenvalue weighted by Gasteiger charge is -2.15. The number of nitrogens with one attached hydrogen (secondary N) is 1. The molecule has 5 nitrogen and oxygen atoms in total. The lowest BCUT2D eigenvalue weighted by molar-refractivity contribution is -0.120. The van der Waals surface area contributed by atoms with Crippen LogP contribution in [0.1, 0.15) is 10.4 Å². The van der Waals surface area contributed by atoms with Gasteiger partial charge in [-0.2, -0.15) is 5.26 Å². The van der Waals surface area contributed by atoms with Gasteiger partial charge in [-0.25, -0.2) is 0 Å². The summed E-state index contributed by atoms with van der Waals surface area (Å²) in [5, 5.41) is 10.2. The van der Waals surface area contributed by atoms with Crippen LogP contribution in [0.3, 0.4) is 0 Å². The smallest absolute Gasteiger partial charge is 0.254 e. The Morgan fingerprint density at radius 3 is 2.56 bits per heavy atom. The molecule has 82 valence electrons. The molecule has 0 aliphatic heterocycles. The highest BCUT2D eigenvalue weighted by atomic mass is 16.2. The molecule has 0 fully saturated rings. The van der Waals surface area contributed by atoms with Gasteiger partial charge in [0.25, 0.3) is 11.8 Å². The number of amides is 2. The monoisotopic (exact) mass is 217 g/mol. The average Bonchev–Trinajstić information content (AvgIpc) is 2.29. The van der Waals surface area contributed by atoms with Crippen molar-refractivity contribution in [2.45, 2.75) is 0 Å². The van der Waals surface area contributed by atoms with Gasteiger partial charge in [-0.1, -0.05) is 18.2 Å². The maximum Gasteiger partial charge on any atom is 0.254 e. The molecular formula is C11H11N3O2. The van der Waals surface area contributed by atoms with Crippen molar-refractivity contribution < 1.29 is 9.59 Å². The second-order valence-electron chi connectivity index (χ2n) is 3.19. The van der Waals surface area contributed by atoms with Gasteiger partial charge in [0, 0.05) is 12.6 Å². The first-order valence-electron chi connectivity index (χ1n) is 4.63. The van der Waals surface area contributed by atoms with E-state index in [0.717, 1.165) is 0 Å². The summed E-state index contributed by atoms with van der Waals surface area (Å²) in [5.41, 5.74) is 0.509. The number of carbonyl (C=O) groups excluding carboxylic acids is 2. The van der Waals surface area contributed by atoms with Gasteiger partial charge in [0.05, 0.1) is 0 Å². The van der Waals surface area contributed by atoms with Crippen molar-refractivity contribution in [2.24, 2.45) is 0 Å². The van der Waals surface area contributed by atoms with E-state index in [1.165, 1.54) is 18.1 Å². The predicted octanol–water partition coefficient (Wildman–Crippen LogP) is 0.356. The second kappa shape index (κ2) is 5.51. The molecule has 1 N–H and O–H groups in total. The third-order valence-electron chi connectivity index (χ3n) is 1.94. The minimum absolute atomic E-state index is 0.138. The highest BCUT2D eigenvalue weighted by Crippen LogP contribution is 2.02. The van der Waals surface area contributed by atoms with Gasteiger partial charge >= 0.3 is 0 Å². The summed E-state index contributed by atoms with van der Waals surface area (Å²) in [6.07, 6.45) is 1.51. The Morgan fingerprint density at radius 2 is 2.00 bits per heavy atom. The van der Waals surface area contributed by atoms with Gasteiger partial charge in [-0.3, -0.25) is 14.9 Å². The maximum absolute atomic E-state index is 11.7. The molecule has 2 amide bonds. The first kappa shape index (κ1) is 11.7. The van der Waals surface area contributed by atoms with Crippen LogP contribution >= 0.6 is 0 Å². The number of hydrogen-bond acceptors (Lipinski definition) is 3. The van der Waals surface area contributed by atoms with Crippen molar-refractivity contribution in [3.63, 3.8) is 0 Å². The first-order valence-corrected chi connectivity index (χ1v) is 4.63. The molecule has 5 heteroatoms. The van der Waals surface area contributed by atoms with Crippen LogP contribution in [0.15, 0.2) is 30.3 Å². The SMILES string of the molecule is CN(CC(=O)NC#N)C(=O)c1ccccc1. The van der Waals surface area contributed by atoms with Crippen LogP contribution in [0.5, 0.6) is 0 Å². The summed E-state index contributed by atoms with van der Waals surface area (Å²) in [6.45, 7) is -0.138. The molecule has 0 aromatic heterocycles. The van der Waals surface area contributed by atoms with E-state index in [1.54, 1.807) is 30.3 Å². The Bertz CT molecular complexity index is 423. The largest absolute Gasteiger partial charge is 0.332 e. The molecule has 1 aromatic rings. The second-order valence-corrected chi connectivity index (χ2v) is 3.19. The molecule has 0 radical (unpaired) electrons. The van der Waals surface area contributed by atoms with Crippen LogP contribution in [-0.4, -0.2) is 30.3 Å². The van der Waals surface area contributed by atoms with Crippen LogP contribution in [0.25, 0.3) is 0 Å². The van der Waals surface area contributed by atoms with E-state index < -0.39 is 5.91 Å². The third kappa shape index (κ3) is 3.10. The van der Waals surface area contributed by atoms with E-state index in [2.05, 4.69) is 0 Å². The minimum atomic E-state index is -0.505. The zero-order chi connectivity index (χ0) is 12.0. The van der Waals surface area contributed by atoms with Crippen LogP contribution in [-0.2, 0) is 4.79 Å². The standard InChI is InChI=1S/C11H11N3O2/c1-14(7-10(15)13-8-12)11(16)9-5-3-2-4-6-9/h2-6H,7H2,1H3,(H,13,15). The lowest BCUT2D eigenvalue weighted by Crippen LogP contribution is -2.36. The average molecular weight is 217 g/mol. The fourth-order valence-electron chi connectivity index (χ4n) is 1.19. The molecule has 0 aliphatic carbocycles. The molecule has 0 saturated heterocycles. The van der Waals surface area contributed by atoms with Gasteiger partial charge in [0.2, 0.25) is 0 Å². The molecule has 0 bridgehead atoms. The van der Waals surface area contributed by atoms with Crippen molar-refractivity contribution >= 4 is 11.8 Å². The number of benzene rings is 1. The molecule has 0 saturated carbocycles. The van der Waals surface area contributed by atoms with E-state index in [0.29, 0.717) is 5.56 Å². The van der Waals surface area contributed by atoms with Crippen molar-refractivity contribution in [3.8, 4) is 6.19 Å². The Hall–Kier alpha value is -2.35. The summed E-state index contributed by atoms with van der Waals surface area (Å²) in [5.74, 6) is -0.761. The molecule has 0 spiro atoms. The van der Waals surface area contributed by atoms with Gasteiger partial charge in [-0.15, -0.1) is 0 Å². The predicted molar refractivity (Wildman–Crippen MR) is 57.2 cm³/mol. The molecule has 0 aliphatic rings. The first-order chi connectivity index (χ1) is 7.65. The Morgan fingerprint density at radius 1 is 1.38 bits per heavy atom. The van der Waals surface area contributed by atoms with Crippen molar-refractivity contribution in [2.75, 3.05) is 13.6 Å². The number of nitrogens with zero attached hydrogens (tertiary/aromatic N) is 2. The van der Waals surface area contributed by atoms with E-state index in [4.69, 9.17) is 5.26 Å². The molecule has 0 heterocycles. The van der Waals surface area contributed by atoms with Gasteiger partial charge in [-0.05, 0) is 12.1 Å². The fraction of sp³-hybridized carbons (Fsp3) is 0.182. The lowest BCUT2D eigenvalue weighted by atomic mass is 10.2. The number of rotatable bonds is 3. The molecule has 0 unspecified atom stereocenters. The summed E-state index contributed by atoms with van der Waals surface area (Å²) in [6, 6.07) is 8.63. The topological polar surface area (TPSA) is 73.2 Å². The van der Waals surface area contributed by atoms with E-state index >= 15 is 0 Å². The van der Waals surface area contributed by atoms with Crippen LogP contribution < -0.4 is 5.32 Å². The molecule has 0 atom stereocenters. The third-order valence-corrected chi connectivity index (χ3v) is 1.94. The van der Waals surface area contributed by atoms with Crippen molar-refractivity contribution in [1.29, 1.82) is 5.26 Å². The van der Waals surface area contributed by atoms with Crippen molar-refractivity contribution in [1.82, 2.24) is 10.2 Å². The highest BCUT2D eigenvalue weighted by Gasteiger charge is 2.13. The summed E-state index contributed by atoms with van der Waals surface area (Å²) < 4.78 is 0. The minimum Gasteiger partial charge on any atom is -0.332 e. The van der Waals surface area contributed by atoms with Crippen LogP contribution in [0.4, 0.5) is 0 Å². The van der Waals surface area contributed by atoms with Crippen LogP contribution in [0, 0.1) is 11.5 Å². The summed E-state index contributed by atoms with van der Waals surface area (Å²) in [4.78, 5) is 24.1. The molecule has 1 aromatic carbocycles. The molecular weight excluding hydrogens is 206 g/mol. The molecule has 1 rings (SSSR count). The number of carbonyl (C=O) groups is 2. The van der Waals surface area contributed by atoms with Crippen molar-refractivity contribution in [3.05, 3.63) is 35.9 Å². The van der Waals surface area contributed by atoms with E-state index in [-0.39, 0.29) is 12.5 Å². The maximum atomic E-state index is 11.7. The Labute approximate surface area is 93.3 Å². The number of hydrogen-bond donors (Lipinski definition) is 1. The Kier molecular flexibility index (Phi) is 4.04. The van der Waals surface area contributed by atoms with Gasteiger partial charge in [0.15, 0.2) is 6.19 Å². The normalized spacial score (nSPS) is 9.00. The van der Waals surface area contributed by atoms with E-state index in [9.17, 15) is 9.59 Å². The highest BCUT2D eigenvalue weighted by molar-refractivity contribution is 5.96. The Balaban J connectivity index is 2.62. The zero-order valence-corrected chi connectivity index (χ0v) is 8.80. The fourth-order valence-corrected chi connectivity index (χ4v) is 1.19.